The molecule has 7 heteroatoms. The Morgan fingerprint density at radius 2 is 1.90 bits per heavy atom. The van der Waals surface area contributed by atoms with Crippen molar-refractivity contribution >= 4 is 17.9 Å². The highest BCUT2D eigenvalue weighted by atomic mass is 16.4. The summed E-state index contributed by atoms with van der Waals surface area (Å²) in [5, 5.41) is 13.0. The molecule has 1 aromatic rings. The Kier molecular flexibility index (Phi) is 6.19. The first-order valence-corrected chi connectivity index (χ1v) is 6.41. The van der Waals surface area contributed by atoms with E-state index in [1.165, 1.54) is 4.90 Å². The first kappa shape index (κ1) is 16.5. The van der Waals surface area contributed by atoms with E-state index in [-0.39, 0.29) is 6.54 Å². The van der Waals surface area contributed by atoms with Gasteiger partial charge in [0.05, 0.1) is 6.54 Å². The van der Waals surface area contributed by atoms with Gasteiger partial charge in [-0.2, -0.15) is 0 Å². The van der Waals surface area contributed by atoms with E-state index in [2.05, 4.69) is 10.6 Å². The number of rotatable bonds is 6. The maximum absolute atomic E-state index is 11.8. The Bertz CT molecular complexity index is 531. The van der Waals surface area contributed by atoms with Crippen LogP contribution in [0, 0.1) is 6.92 Å². The molecule has 21 heavy (non-hydrogen) atoms. The second-order valence-corrected chi connectivity index (χ2v) is 4.67. The molecule has 0 atom stereocenters. The van der Waals surface area contributed by atoms with Gasteiger partial charge in [-0.15, -0.1) is 0 Å². The van der Waals surface area contributed by atoms with Gasteiger partial charge in [-0.25, -0.2) is 4.79 Å². The predicted molar refractivity (Wildman–Crippen MR) is 76.7 cm³/mol. The Morgan fingerprint density at radius 3 is 2.52 bits per heavy atom. The molecule has 0 aliphatic carbocycles. The van der Waals surface area contributed by atoms with E-state index < -0.39 is 24.5 Å². The lowest BCUT2D eigenvalue weighted by Gasteiger charge is -2.18. The summed E-state index contributed by atoms with van der Waals surface area (Å²) in [6.07, 6.45) is 0. The minimum absolute atomic E-state index is 0.260. The lowest BCUT2D eigenvalue weighted by atomic mass is 10.1. The Hall–Kier alpha value is -2.57. The molecule has 3 amide bonds. The average molecular weight is 293 g/mol. The van der Waals surface area contributed by atoms with Crippen molar-refractivity contribution in [1.82, 2.24) is 15.5 Å². The summed E-state index contributed by atoms with van der Waals surface area (Å²) in [7, 11) is 1.62. The van der Waals surface area contributed by atoms with Gasteiger partial charge in [0, 0.05) is 13.6 Å². The molecule has 0 aliphatic heterocycles. The van der Waals surface area contributed by atoms with Crippen LogP contribution in [0.2, 0.25) is 0 Å². The van der Waals surface area contributed by atoms with Gasteiger partial charge >= 0.3 is 12.0 Å². The summed E-state index contributed by atoms with van der Waals surface area (Å²) in [6, 6.07) is 7.37. The maximum atomic E-state index is 11.8. The van der Waals surface area contributed by atoms with Crippen molar-refractivity contribution in [2.45, 2.75) is 13.5 Å². The fourth-order valence-corrected chi connectivity index (χ4v) is 1.68. The number of amides is 3. The van der Waals surface area contributed by atoms with Gasteiger partial charge in [0.15, 0.2) is 0 Å². The van der Waals surface area contributed by atoms with Gasteiger partial charge in [-0.3, -0.25) is 9.59 Å². The molecule has 0 unspecified atom stereocenters. The highest BCUT2D eigenvalue weighted by Gasteiger charge is 2.11. The third-order valence-corrected chi connectivity index (χ3v) is 2.69. The van der Waals surface area contributed by atoms with E-state index in [0.29, 0.717) is 6.54 Å². The molecule has 0 bridgehead atoms. The van der Waals surface area contributed by atoms with Crippen molar-refractivity contribution in [1.29, 1.82) is 0 Å². The summed E-state index contributed by atoms with van der Waals surface area (Å²) < 4.78 is 0. The molecule has 0 fully saturated rings. The summed E-state index contributed by atoms with van der Waals surface area (Å²) in [5.74, 6) is -1.68. The number of hydrogen-bond acceptors (Lipinski definition) is 3. The van der Waals surface area contributed by atoms with Crippen LogP contribution in [0.15, 0.2) is 24.3 Å². The topological polar surface area (TPSA) is 98.7 Å². The van der Waals surface area contributed by atoms with Gasteiger partial charge in [0.2, 0.25) is 5.91 Å². The number of carbonyl (C=O) groups is 3. The highest BCUT2D eigenvalue weighted by Crippen LogP contribution is 2.06. The van der Waals surface area contributed by atoms with Crippen molar-refractivity contribution < 1.29 is 19.5 Å². The molecule has 7 nitrogen and oxygen atoms in total. The van der Waals surface area contributed by atoms with Crippen molar-refractivity contribution in [2.75, 3.05) is 20.1 Å². The third-order valence-electron chi connectivity index (χ3n) is 2.69. The summed E-state index contributed by atoms with van der Waals surface area (Å²) in [6.45, 7) is 1.67. The normalized spacial score (nSPS) is 9.81. The number of aliphatic carboxylic acids is 1. The Balaban J connectivity index is 2.37. The molecule has 0 spiro atoms. The summed E-state index contributed by atoms with van der Waals surface area (Å²) in [5.41, 5.74) is 2.09. The SMILES string of the molecule is Cc1cccc(CN(C)C(=O)NCC(=O)NCC(=O)O)c1. The highest BCUT2D eigenvalue weighted by molar-refractivity contribution is 5.86. The van der Waals surface area contributed by atoms with Crippen LogP contribution in [0.5, 0.6) is 0 Å². The standard InChI is InChI=1S/C14H19N3O4/c1-10-4-3-5-11(6-10)9-17(2)14(21)16-7-12(18)15-8-13(19)20/h3-6H,7-9H2,1-2H3,(H,15,18)(H,16,21)(H,19,20). The van der Waals surface area contributed by atoms with Crippen LogP contribution >= 0.6 is 0 Å². The van der Waals surface area contributed by atoms with Crippen LogP contribution in [-0.2, 0) is 16.1 Å². The summed E-state index contributed by atoms with van der Waals surface area (Å²) in [4.78, 5) is 34.8. The molecule has 1 rings (SSSR count). The zero-order valence-corrected chi connectivity index (χ0v) is 12.0. The fourth-order valence-electron chi connectivity index (χ4n) is 1.68. The van der Waals surface area contributed by atoms with Gasteiger partial charge in [0.25, 0.3) is 0 Å². The molecule has 0 saturated carbocycles. The van der Waals surface area contributed by atoms with E-state index in [1.54, 1.807) is 7.05 Å². The lowest BCUT2D eigenvalue weighted by Crippen LogP contribution is -2.43. The van der Waals surface area contributed by atoms with E-state index in [1.807, 2.05) is 31.2 Å². The quantitative estimate of drug-likeness (QED) is 0.704. The van der Waals surface area contributed by atoms with E-state index in [0.717, 1.165) is 11.1 Å². The first-order valence-electron chi connectivity index (χ1n) is 6.41. The number of carboxylic acids is 1. The molecule has 0 heterocycles. The minimum atomic E-state index is -1.13. The van der Waals surface area contributed by atoms with Crippen LogP contribution in [0.1, 0.15) is 11.1 Å². The van der Waals surface area contributed by atoms with Crippen LogP contribution in [0.3, 0.4) is 0 Å². The number of benzene rings is 1. The van der Waals surface area contributed by atoms with Gasteiger partial charge < -0.3 is 20.6 Å². The van der Waals surface area contributed by atoms with Crippen molar-refractivity contribution in [2.24, 2.45) is 0 Å². The minimum Gasteiger partial charge on any atom is -0.480 e. The number of nitrogens with one attached hydrogen (secondary N) is 2. The summed E-state index contributed by atoms with van der Waals surface area (Å²) >= 11 is 0. The smallest absolute Gasteiger partial charge is 0.322 e. The zero-order valence-electron chi connectivity index (χ0n) is 12.0. The van der Waals surface area contributed by atoms with Gasteiger partial charge in [-0.05, 0) is 12.5 Å². The number of urea groups is 1. The molecule has 0 aromatic heterocycles. The third kappa shape index (κ3) is 6.42. The Labute approximate surface area is 122 Å². The van der Waals surface area contributed by atoms with Crippen molar-refractivity contribution in [3.05, 3.63) is 35.4 Å². The molecular weight excluding hydrogens is 274 g/mol. The molecule has 0 aliphatic rings. The number of carboxylic acid groups (broad SMARTS) is 1. The maximum Gasteiger partial charge on any atom is 0.322 e. The number of hydrogen-bond donors (Lipinski definition) is 3. The number of aryl methyl sites for hydroxylation is 1. The predicted octanol–water partition coefficient (Wildman–Crippen LogP) is 0.337. The zero-order chi connectivity index (χ0) is 15.8. The van der Waals surface area contributed by atoms with Gasteiger partial charge in [0.1, 0.15) is 6.54 Å². The van der Waals surface area contributed by atoms with Crippen LogP contribution < -0.4 is 10.6 Å². The molecule has 0 radical (unpaired) electrons. The second kappa shape index (κ2) is 7.88. The van der Waals surface area contributed by atoms with E-state index >= 15 is 0 Å². The molecule has 114 valence electrons. The molecule has 0 saturated heterocycles. The van der Waals surface area contributed by atoms with E-state index in [4.69, 9.17) is 5.11 Å². The average Bonchev–Trinajstić information content (AvgIpc) is 2.42. The fraction of sp³-hybridized carbons (Fsp3) is 0.357. The lowest BCUT2D eigenvalue weighted by molar-refractivity contribution is -0.137. The van der Waals surface area contributed by atoms with Crippen molar-refractivity contribution in [3.63, 3.8) is 0 Å². The molecular formula is C14H19N3O4. The van der Waals surface area contributed by atoms with Gasteiger partial charge in [-0.1, -0.05) is 29.8 Å². The monoisotopic (exact) mass is 293 g/mol. The number of carbonyl (C=O) groups excluding carboxylic acids is 2. The van der Waals surface area contributed by atoms with Crippen LogP contribution in [0.25, 0.3) is 0 Å². The number of nitrogens with zero attached hydrogens (tertiary/aromatic N) is 1. The molecule has 1 aromatic carbocycles. The van der Waals surface area contributed by atoms with Crippen molar-refractivity contribution in [3.8, 4) is 0 Å². The second-order valence-electron chi connectivity index (χ2n) is 4.67. The Morgan fingerprint density at radius 1 is 1.19 bits per heavy atom. The van der Waals surface area contributed by atoms with Crippen LogP contribution in [-0.4, -0.2) is 48.1 Å². The molecule has 3 N–H and O–H groups in total. The largest absolute Gasteiger partial charge is 0.480 e. The van der Waals surface area contributed by atoms with E-state index in [9.17, 15) is 14.4 Å². The van der Waals surface area contributed by atoms with Crippen LogP contribution in [0.4, 0.5) is 4.79 Å². The first-order chi connectivity index (χ1) is 9.88.